The number of carbonyl (C=O) groups excluding carboxylic acids is 2. The topological polar surface area (TPSA) is 107 Å². The Labute approximate surface area is 247 Å². The first-order chi connectivity index (χ1) is 20.4. The number of nitrogens with one attached hydrogen (secondary N) is 2. The van der Waals surface area contributed by atoms with Crippen molar-refractivity contribution in [1.29, 1.82) is 0 Å². The number of aromatic amines is 1. The van der Waals surface area contributed by atoms with Crippen molar-refractivity contribution in [3.63, 3.8) is 0 Å². The molecule has 3 aromatic rings. The number of H-pyrrole nitrogens is 1. The number of nitrogens with zero attached hydrogens (tertiary/aromatic N) is 5. The Morgan fingerprint density at radius 1 is 1.02 bits per heavy atom. The van der Waals surface area contributed by atoms with Crippen molar-refractivity contribution in [2.45, 2.75) is 57.7 Å². The predicted octanol–water partition coefficient (Wildman–Crippen LogP) is 3.47. The smallest absolute Gasteiger partial charge is 0.266 e. The lowest BCUT2D eigenvalue weighted by Crippen LogP contribution is -2.54. The molecule has 1 saturated carbocycles. The molecule has 2 amide bonds. The minimum absolute atomic E-state index is 0.0191. The summed E-state index contributed by atoms with van der Waals surface area (Å²) in [5.74, 6) is 0.714. The van der Waals surface area contributed by atoms with E-state index in [4.69, 9.17) is 4.74 Å². The Morgan fingerprint density at radius 2 is 1.81 bits per heavy atom. The van der Waals surface area contributed by atoms with Crippen molar-refractivity contribution in [2.24, 2.45) is 5.92 Å². The molecule has 2 aromatic heterocycles. The summed E-state index contributed by atoms with van der Waals surface area (Å²) in [5.41, 5.74) is 3.22. The first-order valence-electron chi connectivity index (χ1n) is 15.1. The minimum atomic E-state index is -1.00. The normalized spacial score (nSPS) is 19.4. The molecule has 1 atom stereocenters. The molecule has 1 aromatic carbocycles. The van der Waals surface area contributed by atoms with E-state index in [1.807, 2.05) is 43.4 Å². The number of carbonyl (C=O) groups is 2. The summed E-state index contributed by atoms with van der Waals surface area (Å²) in [6.45, 7) is 8.73. The number of ether oxygens (including phenoxy) is 1. The highest BCUT2D eigenvalue weighted by atomic mass is 16.5. The van der Waals surface area contributed by atoms with E-state index in [1.165, 1.54) is 0 Å². The Morgan fingerprint density at radius 3 is 2.52 bits per heavy atom. The molecule has 10 heteroatoms. The van der Waals surface area contributed by atoms with Crippen molar-refractivity contribution in [2.75, 3.05) is 44.2 Å². The number of piperidine rings is 1. The van der Waals surface area contributed by atoms with Crippen molar-refractivity contribution < 1.29 is 14.3 Å². The monoisotopic (exact) mass is 571 g/mol. The number of aromatic nitrogens is 3. The van der Waals surface area contributed by atoms with Gasteiger partial charge in [-0.3, -0.25) is 19.7 Å². The van der Waals surface area contributed by atoms with E-state index in [9.17, 15) is 9.59 Å². The summed E-state index contributed by atoms with van der Waals surface area (Å²) < 4.78 is 6.22. The highest BCUT2D eigenvalue weighted by Crippen LogP contribution is 2.33. The Balaban J connectivity index is 1.10. The lowest BCUT2D eigenvalue weighted by molar-refractivity contribution is -0.146. The Kier molecular flexibility index (Phi) is 8.15. The SMILES string of the molecule is CC(C)(Oc1cncc(N2CCC[C@H](C(=O)N(Cc3ccc(-c4cn[nH]c4)cc3)C3CC3)C2)c1)C(=O)N1CCNCC1. The van der Waals surface area contributed by atoms with E-state index >= 15 is 0 Å². The predicted molar refractivity (Wildman–Crippen MR) is 161 cm³/mol. The van der Waals surface area contributed by atoms with Crippen LogP contribution < -0.4 is 15.0 Å². The standard InChI is InChI=1S/C32H41N7O3/c1-32(2,31(41)37-14-11-33-12-15-37)42-29-16-28(19-34-20-29)38-13-3-4-25(22-38)30(40)39(27-9-10-27)21-23-5-7-24(8-6-23)26-17-35-36-18-26/h5-8,16-20,25,27,33H,3-4,9-15,21-22H2,1-2H3,(H,35,36)/t25-/m0/s1. The van der Waals surface area contributed by atoms with Gasteiger partial charge < -0.3 is 24.8 Å². The van der Waals surface area contributed by atoms with Gasteiger partial charge in [-0.1, -0.05) is 24.3 Å². The van der Waals surface area contributed by atoms with Crippen LogP contribution in [0.5, 0.6) is 5.75 Å². The lowest BCUT2D eigenvalue weighted by atomic mass is 9.95. The van der Waals surface area contributed by atoms with Crippen molar-refractivity contribution in [3.05, 3.63) is 60.7 Å². The number of pyridine rings is 1. The van der Waals surface area contributed by atoms with Gasteiger partial charge in [0.2, 0.25) is 5.91 Å². The van der Waals surface area contributed by atoms with Gasteiger partial charge in [-0.2, -0.15) is 5.10 Å². The summed E-state index contributed by atoms with van der Waals surface area (Å²) in [6.07, 6.45) is 11.1. The van der Waals surface area contributed by atoms with Gasteiger partial charge in [0.25, 0.3) is 5.91 Å². The molecule has 0 spiro atoms. The van der Waals surface area contributed by atoms with Crippen LogP contribution in [0.4, 0.5) is 5.69 Å². The van der Waals surface area contributed by atoms with Gasteiger partial charge in [0.15, 0.2) is 5.60 Å². The molecule has 3 aliphatic rings. The molecule has 2 aliphatic heterocycles. The van der Waals surface area contributed by atoms with Crippen molar-refractivity contribution >= 4 is 17.5 Å². The number of benzene rings is 1. The molecular weight excluding hydrogens is 530 g/mol. The second kappa shape index (κ2) is 12.1. The van der Waals surface area contributed by atoms with Gasteiger partial charge in [0.05, 0.1) is 30.2 Å². The molecule has 222 valence electrons. The zero-order chi connectivity index (χ0) is 29.1. The molecule has 0 unspecified atom stereocenters. The highest BCUT2D eigenvalue weighted by Gasteiger charge is 2.38. The first-order valence-corrected chi connectivity index (χ1v) is 15.1. The van der Waals surface area contributed by atoms with Crippen LogP contribution in [0.25, 0.3) is 11.1 Å². The van der Waals surface area contributed by atoms with Crippen LogP contribution in [0.1, 0.15) is 45.1 Å². The van der Waals surface area contributed by atoms with Crippen molar-refractivity contribution in [1.82, 2.24) is 30.3 Å². The van der Waals surface area contributed by atoms with Crippen LogP contribution >= 0.6 is 0 Å². The van der Waals surface area contributed by atoms with Crippen LogP contribution in [-0.4, -0.2) is 87.7 Å². The number of piperazine rings is 1. The Hall–Kier alpha value is -3.92. The molecule has 4 heterocycles. The van der Waals surface area contributed by atoms with Gasteiger partial charge in [0.1, 0.15) is 5.75 Å². The van der Waals surface area contributed by atoms with E-state index in [-0.39, 0.29) is 17.7 Å². The number of rotatable bonds is 9. The second-order valence-electron chi connectivity index (χ2n) is 12.2. The quantitative estimate of drug-likeness (QED) is 0.405. The molecule has 0 radical (unpaired) electrons. The van der Waals surface area contributed by atoms with Crippen LogP contribution in [-0.2, 0) is 16.1 Å². The molecule has 3 fully saturated rings. The maximum absolute atomic E-state index is 13.9. The van der Waals surface area contributed by atoms with E-state index in [1.54, 1.807) is 6.20 Å². The molecule has 2 N–H and O–H groups in total. The van der Waals surface area contributed by atoms with Gasteiger partial charge in [-0.05, 0) is 50.7 Å². The third kappa shape index (κ3) is 6.43. The van der Waals surface area contributed by atoms with E-state index in [2.05, 4.69) is 54.6 Å². The average Bonchev–Trinajstić information content (AvgIpc) is 3.72. The molecule has 42 heavy (non-hydrogen) atoms. The summed E-state index contributed by atoms with van der Waals surface area (Å²) in [4.78, 5) is 37.7. The summed E-state index contributed by atoms with van der Waals surface area (Å²) in [5, 5.41) is 10.2. The number of anilines is 1. The number of hydrogen-bond donors (Lipinski definition) is 2. The molecule has 0 bridgehead atoms. The maximum atomic E-state index is 13.9. The third-order valence-corrected chi connectivity index (χ3v) is 8.54. The van der Waals surface area contributed by atoms with Crippen LogP contribution in [0.2, 0.25) is 0 Å². The maximum Gasteiger partial charge on any atom is 0.266 e. The fraction of sp³-hybridized carbons (Fsp3) is 0.500. The molecule has 10 nitrogen and oxygen atoms in total. The van der Waals surface area contributed by atoms with E-state index in [0.29, 0.717) is 38.0 Å². The summed E-state index contributed by atoms with van der Waals surface area (Å²) in [7, 11) is 0. The number of hydrogen-bond acceptors (Lipinski definition) is 7. The molecular formula is C32H41N7O3. The summed E-state index contributed by atoms with van der Waals surface area (Å²) in [6, 6.07) is 10.7. The fourth-order valence-corrected chi connectivity index (χ4v) is 6.05. The van der Waals surface area contributed by atoms with Crippen LogP contribution in [0.3, 0.4) is 0 Å². The number of amides is 2. The van der Waals surface area contributed by atoms with Crippen molar-refractivity contribution in [3.8, 4) is 16.9 Å². The van der Waals surface area contributed by atoms with E-state index in [0.717, 1.165) is 67.7 Å². The molecule has 1 aliphatic carbocycles. The summed E-state index contributed by atoms with van der Waals surface area (Å²) >= 11 is 0. The zero-order valence-electron chi connectivity index (χ0n) is 24.6. The van der Waals surface area contributed by atoms with Gasteiger partial charge in [0, 0.05) is 69.7 Å². The lowest BCUT2D eigenvalue weighted by Gasteiger charge is -2.37. The Bertz CT molecular complexity index is 1370. The zero-order valence-corrected chi connectivity index (χ0v) is 24.6. The first kappa shape index (κ1) is 28.2. The fourth-order valence-electron chi connectivity index (χ4n) is 6.05. The third-order valence-electron chi connectivity index (χ3n) is 8.54. The van der Waals surface area contributed by atoms with Gasteiger partial charge in [-0.25, -0.2) is 0 Å². The largest absolute Gasteiger partial charge is 0.476 e. The van der Waals surface area contributed by atoms with Gasteiger partial charge >= 0.3 is 0 Å². The minimum Gasteiger partial charge on any atom is -0.476 e. The van der Waals surface area contributed by atoms with Crippen LogP contribution in [0, 0.1) is 5.92 Å². The second-order valence-corrected chi connectivity index (χ2v) is 12.2. The average molecular weight is 572 g/mol. The highest BCUT2D eigenvalue weighted by molar-refractivity contribution is 5.85. The molecule has 2 saturated heterocycles. The molecule has 6 rings (SSSR count). The van der Waals surface area contributed by atoms with E-state index < -0.39 is 5.60 Å². The van der Waals surface area contributed by atoms with Gasteiger partial charge in [-0.15, -0.1) is 0 Å². The van der Waals surface area contributed by atoms with Crippen LogP contribution in [0.15, 0.2) is 55.1 Å².